The molecule has 3 nitrogen and oxygen atoms in total. The minimum atomic E-state index is 0.653. The van der Waals surface area contributed by atoms with Crippen LogP contribution in [0.5, 0.6) is 5.75 Å². The predicted octanol–water partition coefficient (Wildman–Crippen LogP) is 3.20. The molecule has 3 rings (SSSR count). The van der Waals surface area contributed by atoms with Gasteiger partial charge in [0, 0.05) is 18.5 Å². The molecule has 2 heterocycles. The maximum Gasteiger partial charge on any atom is 0.119 e. The molecule has 0 spiro atoms. The third-order valence-corrected chi connectivity index (χ3v) is 4.62. The third-order valence-electron chi connectivity index (χ3n) is 4.62. The minimum Gasteiger partial charge on any atom is -0.493 e. The lowest BCUT2D eigenvalue weighted by Gasteiger charge is -2.42. The van der Waals surface area contributed by atoms with E-state index in [9.17, 15) is 0 Å². The van der Waals surface area contributed by atoms with E-state index in [0.717, 1.165) is 18.4 Å². The number of hydrogen-bond donors (Lipinski definition) is 0. The maximum absolute atomic E-state index is 8.78. The normalized spacial score (nSPS) is 26.6. The Kier molecular flexibility index (Phi) is 4.22. The molecule has 1 aromatic rings. The largest absolute Gasteiger partial charge is 0.493 e. The Morgan fingerprint density at radius 2 is 2.00 bits per heavy atom. The van der Waals surface area contributed by atoms with Crippen molar-refractivity contribution in [3.05, 3.63) is 29.8 Å². The molecule has 0 radical (unpaired) electrons. The van der Waals surface area contributed by atoms with Gasteiger partial charge in [0.05, 0.1) is 18.2 Å². The van der Waals surface area contributed by atoms with E-state index < -0.39 is 0 Å². The molecule has 0 saturated carbocycles. The van der Waals surface area contributed by atoms with E-state index in [1.54, 1.807) is 0 Å². The Labute approximate surface area is 121 Å². The number of hydrogen-bond acceptors (Lipinski definition) is 3. The van der Waals surface area contributed by atoms with Gasteiger partial charge in [-0.25, -0.2) is 0 Å². The van der Waals surface area contributed by atoms with Gasteiger partial charge in [-0.15, -0.1) is 0 Å². The van der Waals surface area contributed by atoms with Crippen molar-refractivity contribution in [2.45, 2.75) is 38.1 Å². The highest BCUT2D eigenvalue weighted by Crippen LogP contribution is 2.29. The molecule has 106 valence electrons. The van der Waals surface area contributed by atoms with Crippen molar-refractivity contribution in [2.75, 3.05) is 19.7 Å². The van der Waals surface area contributed by atoms with Crippen LogP contribution in [0.25, 0.3) is 0 Å². The number of ether oxygens (including phenoxy) is 1. The summed E-state index contributed by atoms with van der Waals surface area (Å²) in [6, 6.07) is 10.4. The van der Waals surface area contributed by atoms with Gasteiger partial charge in [0.25, 0.3) is 0 Å². The Bertz CT molecular complexity index is 477. The molecular weight excluding hydrogens is 248 g/mol. The van der Waals surface area contributed by atoms with Crippen LogP contribution in [0, 0.1) is 17.2 Å². The first-order valence-corrected chi connectivity index (χ1v) is 7.72. The number of benzene rings is 1. The second-order valence-corrected chi connectivity index (χ2v) is 6.04. The smallest absolute Gasteiger partial charge is 0.119 e. The summed E-state index contributed by atoms with van der Waals surface area (Å²) in [6.45, 7) is 3.27. The fourth-order valence-electron chi connectivity index (χ4n) is 3.45. The molecule has 3 heteroatoms. The Balaban J connectivity index is 1.49. The van der Waals surface area contributed by atoms with Crippen molar-refractivity contribution < 1.29 is 4.74 Å². The van der Waals surface area contributed by atoms with Crippen molar-refractivity contribution in [3.63, 3.8) is 0 Å². The fraction of sp³-hybridized carbons (Fsp3) is 0.588. The van der Waals surface area contributed by atoms with Crippen molar-refractivity contribution in [1.82, 2.24) is 4.90 Å². The zero-order valence-corrected chi connectivity index (χ0v) is 11.9. The number of fused-ring (bicyclic) bond motifs is 1. The first kappa shape index (κ1) is 13.5. The summed E-state index contributed by atoms with van der Waals surface area (Å²) < 4.78 is 5.89. The molecule has 0 aliphatic carbocycles. The van der Waals surface area contributed by atoms with Crippen LogP contribution in [0.15, 0.2) is 24.3 Å². The highest BCUT2D eigenvalue weighted by Gasteiger charge is 2.30. The summed E-state index contributed by atoms with van der Waals surface area (Å²) in [7, 11) is 0. The Morgan fingerprint density at radius 1 is 1.15 bits per heavy atom. The summed E-state index contributed by atoms with van der Waals surface area (Å²) in [5.41, 5.74) is 0.686. The van der Waals surface area contributed by atoms with Crippen LogP contribution >= 0.6 is 0 Å². The van der Waals surface area contributed by atoms with Gasteiger partial charge in [-0.3, -0.25) is 4.90 Å². The van der Waals surface area contributed by atoms with Crippen LogP contribution in [0.1, 0.15) is 37.7 Å². The van der Waals surface area contributed by atoms with Crippen LogP contribution in [-0.2, 0) is 0 Å². The van der Waals surface area contributed by atoms with Crippen molar-refractivity contribution in [2.24, 2.45) is 5.92 Å². The van der Waals surface area contributed by atoms with Crippen LogP contribution in [0.4, 0.5) is 0 Å². The minimum absolute atomic E-state index is 0.653. The molecule has 2 aliphatic rings. The topological polar surface area (TPSA) is 36.3 Å². The van der Waals surface area contributed by atoms with E-state index in [2.05, 4.69) is 11.0 Å². The van der Waals surface area contributed by atoms with E-state index in [-0.39, 0.29) is 0 Å². The number of piperidine rings is 2. The molecule has 20 heavy (non-hydrogen) atoms. The van der Waals surface area contributed by atoms with Gasteiger partial charge in [-0.1, -0.05) is 6.42 Å². The Morgan fingerprint density at radius 3 is 2.80 bits per heavy atom. The lowest BCUT2D eigenvalue weighted by atomic mass is 9.88. The summed E-state index contributed by atoms with van der Waals surface area (Å²) in [6.07, 6.45) is 6.79. The van der Waals surface area contributed by atoms with Gasteiger partial charge in [-0.2, -0.15) is 5.26 Å². The molecule has 0 aromatic heterocycles. The van der Waals surface area contributed by atoms with E-state index in [1.165, 1.54) is 45.2 Å². The van der Waals surface area contributed by atoms with Crippen LogP contribution < -0.4 is 4.74 Å². The molecule has 0 bridgehead atoms. The summed E-state index contributed by atoms with van der Waals surface area (Å²) >= 11 is 0. The number of nitrogens with zero attached hydrogens (tertiary/aromatic N) is 2. The molecule has 0 N–H and O–H groups in total. The molecule has 2 aliphatic heterocycles. The third kappa shape index (κ3) is 3.13. The molecule has 2 fully saturated rings. The molecule has 1 aromatic carbocycles. The maximum atomic E-state index is 8.78. The van der Waals surface area contributed by atoms with Crippen molar-refractivity contribution >= 4 is 0 Å². The van der Waals surface area contributed by atoms with E-state index in [4.69, 9.17) is 10.00 Å². The molecular formula is C17H22N2O. The second kappa shape index (κ2) is 6.28. The molecule has 2 unspecified atom stereocenters. The standard InChI is InChI=1S/C17H22N2O/c18-11-14-5-8-17(9-6-14)20-13-15-4-7-16-3-1-2-10-19(16)12-15/h5-6,8-9,15-16H,1-4,7,10,12-13H2. The first-order valence-electron chi connectivity index (χ1n) is 7.72. The van der Waals surface area contributed by atoms with Crippen molar-refractivity contribution in [1.29, 1.82) is 5.26 Å². The monoisotopic (exact) mass is 270 g/mol. The van der Waals surface area contributed by atoms with Gasteiger partial charge in [-0.05, 0) is 56.5 Å². The average Bonchev–Trinajstić information content (AvgIpc) is 2.53. The summed E-state index contributed by atoms with van der Waals surface area (Å²) in [5.74, 6) is 1.53. The predicted molar refractivity (Wildman–Crippen MR) is 78.6 cm³/mol. The number of rotatable bonds is 3. The van der Waals surface area contributed by atoms with Gasteiger partial charge in [0.2, 0.25) is 0 Å². The fourth-order valence-corrected chi connectivity index (χ4v) is 3.45. The number of nitriles is 1. The van der Waals surface area contributed by atoms with E-state index in [1.807, 2.05) is 24.3 Å². The van der Waals surface area contributed by atoms with Crippen LogP contribution in [0.2, 0.25) is 0 Å². The van der Waals surface area contributed by atoms with Gasteiger partial charge >= 0.3 is 0 Å². The molecule has 0 amide bonds. The Hall–Kier alpha value is -1.53. The average molecular weight is 270 g/mol. The molecule has 2 saturated heterocycles. The highest BCUT2D eigenvalue weighted by molar-refractivity contribution is 5.34. The van der Waals surface area contributed by atoms with Gasteiger partial charge < -0.3 is 4.74 Å². The van der Waals surface area contributed by atoms with E-state index in [0.29, 0.717) is 11.5 Å². The van der Waals surface area contributed by atoms with E-state index >= 15 is 0 Å². The molecule has 2 atom stereocenters. The van der Waals surface area contributed by atoms with Gasteiger partial charge in [0.15, 0.2) is 0 Å². The lowest BCUT2D eigenvalue weighted by molar-refractivity contribution is 0.0565. The lowest BCUT2D eigenvalue weighted by Crippen LogP contribution is -2.47. The zero-order chi connectivity index (χ0) is 13.8. The zero-order valence-electron chi connectivity index (χ0n) is 11.9. The summed E-state index contributed by atoms with van der Waals surface area (Å²) in [4.78, 5) is 2.67. The second-order valence-electron chi connectivity index (χ2n) is 6.04. The quantitative estimate of drug-likeness (QED) is 0.846. The SMILES string of the molecule is N#Cc1ccc(OCC2CCC3CCCCN3C2)cc1. The summed E-state index contributed by atoms with van der Waals surface area (Å²) in [5, 5.41) is 8.78. The van der Waals surface area contributed by atoms with Crippen LogP contribution in [0.3, 0.4) is 0 Å². The first-order chi connectivity index (χ1) is 9.85. The highest BCUT2D eigenvalue weighted by atomic mass is 16.5. The van der Waals surface area contributed by atoms with Crippen molar-refractivity contribution in [3.8, 4) is 11.8 Å². The van der Waals surface area contributed by atoms with Crippen LogP contribution in [-0.4, -0.2) is 30.6 Å². The van der Waals surface area contributed by atoms with Gasteiger partial charge in [0.1, 0.15) is 5.75 Å².